The molecule has 1 N–H and O–H groups in total. The molecule has 0 bridgehead atoms. The molecule has 2 amide bonds. The predicted octanol–water partition coefficient (Wildman–Crippen LogP) is 3.20. The molecule has 0 saturated carbocycles. The van der Waals surface area contributed by atoms with Crippen LogP contribution in [0, 0.1) is 0 Å². The molecule has 2 aromatic carbocycles. The van der Waals surface area contributed by atoms with Gasteiger partial charge in [-0.15, -0.1) is 0 Å². The second-order valence-corrected chi connectivity index (χ2v) is 10.2. The Bertz CT molecular complexity index is 1010. The SMILES string of the molecule is CCNC(=O)[C@@H](CC)N(CCc1ccccc1)C(=O)CN(c1cccc(Br)c1)S(C)(=O)=O. The highest BCUT2D eigenvalue weighted by molar-refractivity contribution is 9.10. The summed E-state index contributed by atoms with van der Waals surface area (Å²) in [7, 11) is -3.73. The number of halogens is 1. The number of rotatable bonds is 11. The number of amides is 2. The van der Waals surface area contributed by atoms with Gasteiger partial charge in [0.05, 0.1) is 11.9 Å². The normalized spacial score (nSPS) is 12.1. The number of nitrogens with zero attached hydrogens (tertiary/aromatic N) is 2. The maximum absolute atomic E-state index is 13.4. The molecular formula is C23H30BrN3O4S. The molecule has 9 heteroatoms. The highest BCUT2D eigenvalue weighted by Gasteiger charge is 2.31. The summed E-state index contributed by atoms with van der Waals surface area (Å²) in [5.41, 5.74) is 1.41. The fourth-order valence-corrected chi connectivity index (χ4v) is 4.66. The number of benzene rings is 2. The van der Waals surface area contributed by atoms with Gasteiger partial charge in [-0.1, -0.05) is 59.3 Å². The topological polar surface area (TPSA) is 86.8 Å². The number of sulfonamides is 1. The monoisotopic (exact) mass is 523 g/mol. The molecular weight excluding hydrogens is 494 g/mol. The molecule has 0 aromatic heterocycles. The average Bonchev–Trinajstić information content (AvgIpc) is 2.74. The van der Waals surface area contributed by atoms with Crippen molar-refractivity contribution in [1.29, 1.82) is 0 Å². The third-order valence-corrected chi connectivity index (χ3v) is 6.63. The number of nitrogens with one attached hydrogen (secondary N) is 1. The molecule has 32 heavy (non-hydrogen) atoms. The molecule has 1 atom stereocenters. The fourth-order valence-electron chi connectivity index (χ4n) is 3.43. The van der Waals surface area contributed by atoms with Gasteiger partial charge in [0.2, 0.25) is 21.8 Å². The van der Waals surface area contributed by atoms with Gasteiger partial charge in [-0.3, -0.25) is 13.9 Å². The second kappa shape index (κ2) is 12.0. The minimum atomic E-state index is -3.73. The van der Waals surface area contributed by atoms with E-state index in [1.807, 2.05) is 44.2 Å². The summed E-state index contributed by atoms with van der Waals surface area (Å²) in [6.45, 7) is 4.02. The van der Waals surface area contributed by atoms with Gasteiger partial charge < -0.3 is 10.2 Å². The number of hydrogen-bond donors (Lipinski definition) is 1. The van der Waals surface area contributed by atoms with Gasteiger partial charge in [-0.2, -0.15) is 0 Å². The van der Waals surface area contributed by atoms with Crippen LogP contribution in [0.3, 0.4) is 0 Å². The van der Waals surface area contributed by atoms with Crippen LogP contribution < -0.4 is 9.62 Å². The third-order valence-electron chi connectivity index (χ3n) is 5.00. The van der Waals surface area contributed by atoms with Crippen molar-refractivity contribution < 1.29 is 18.0 Å². The summed E-state index contributed by atoms with van der Waals surface area (Å²) in [6.07, 6.45) is 2.04. The Balaban J connectivity index is 2.34. The molecule has 0 unspecified atom stereocenters. The van der Waals surface area contributed by atoms with Crippen molar-refractivity contribution in [3.8, 4) is 0 Å². The van der Waals surface area contributed by atoms with Crippen molar-refractivity contribution >= 4 is 43.5 Å². The van der Waals surface area contributed by atoms with Crippen molar-refractivity contribution in [3.05, 3.63) is 64.6 Å². The highest BCUT2D eigenvalue weighted by atomic mass is 79.9. The van der Waals surface area contributed by atoms with Crippen LogP contribution in [0.4, 0.5) is 5.69 Å². The molecule has 0 radical (unpaired) electrons. The van der Waals surface area contributed by atoms with Gasteiger partial charge in [0.1, 0.15) is 12.6 Å². The molecule has 2 rings (SSSR count). The quantitative estimate of drug-likeness (QED) is 0.489. The molecule has 174 valence electrons. The first-order chi connectivity index (χ1) is 15.2. The van der Waals surface area contributed by atoms with Gasteiger partial charge in [-0.05, 0) is 43.5 Å². The lowest BCUT2D eigenvalue weighted by Crippen LogP contribution is -2.53. The van der Waals surface area contributed by atoms with Crippen LogP contribution in [0.1, 0.15) is 25.8 Å². The van der Waals surface area contributed by atoms with Crippen LogP contribution in [0.2, 0.25) is 0 Å². The lowest BCUT2D eigenvalue weighted by atomic mass is 10.1. The summed E-state index contributed by atoms with van der Waals surface area (Å²) in [5, 5.41) is 2.78. The molecule has 0 saturated heterocycles. The average molecular weight is 524 g/mol. The smallest absolute Gasteiger partial charge is 0.244 e. The van der Waals surface area contributed by atoms with E-state index in [4.69, 9.17) is 0 Å². The number of anilines is 1. The maximum Gasteiger partial charge on any atom is 0.244 e. The summed E-state index contributed by atoms with van der Waals surface area (Å²) in [4.78, 5) is 27.6. The van der Waals surface area contributed by atoms with Crippen molar-refractivity contribution in [3.63, 3.8) is 0 Å². The Labute approximate surface area is 199 Å². The number of likely N-dealkylation sites (N-methyl/N-ethyl adjacent to an activating group) is 1. The van der Waals surface area contributed by atoms with E-state index in [1.54, 1.807) is 24.3 Å². The third kappa shape index (κ3) is 7.34. The lowest BCUT2D eigenvalue weighted by Gasteiger charge is -2.32. The van der Waals surface area contributed by atoms with E-state index < -0.39 is 22.0 Å². The Morgan fingerprint density at radius 2 is 1.75 bits per heavy atom. The van der Waals surface area contributed by atoms with Crippen LogP contribution >= 0.6 is 15.9 Å². The van der Waals surface area contributed by atoms with Crippen LogP contribution in [0.5, 0.6) is 0 Å². The van der Waals surface area contributed by atoms with E-state index in [9.17, 15) is 18.0 Å². The fraction of sp³-hybridized carbons (Fsp3) is 0.391. The van der Waals surface area contributed by atoms with Crippen molar-refractivity contribution in [1.82, 2.24) is 10.2 Å². The van der Waals surface area contributed by atoms with E-state index in [1.165, 1.54) is 4.90 Å². The van der Waals surface area contributed by atoms with Crippen LogP contribution in [0.15, 0.2) is 59.1 Å². The van der Waals surface area contributed by atoms with Gasteiger partial charge in [0.15, 0.2) is 0 Å². The van der Waals surface area contributed by atoms with E-state index in [2.05, 4.69) is 21.2 Å². The van der Waals surface area contributed by atoms with E-state index in [0.29, 0.717) is 36.1 Å². The first-order valence-electron chi connectivity index (χ1n) is 10.5. The minimum absolute atomic E-state index is 0.246. The van der Waals surface area contributed by atoms with Crippen molar-refractivity contribution in [2.45, 2.75) is 32.7 Å². The predicted molar refractivity (Wildman–Crippen MR) is 131 cm³/mol. The van der Waals surface area contributed by atoms with Crippen LogP contribution in [-0.4, -0.2) is 57.1 Å². The zero-order valence-electron chi connectivity index (χ0n) is 18.6. The van der Waals surface area contributed by atoms with E-state index in [-0.39, 0.29) is 12.5 Å². The molecule has 0 aliphatic carbocycles. The summed E-state index contributed by atoms with van der Waals surface area (Å²) < 4.78 is 26.8. The first kappa shape index (κ1) is 25.9. The summed E-state index contributed by atoms with van der Waals surface area (Å²) in [5.74, 6) is -0.672. The lowest BCUT2D eigenvalue weighted by molar-refractivity contribution is -0.139. The van der Waals surface area contributed by atoms with Crippen molar-refractivity contribution in [2.24, 2.45) is 0 Å². The van der Waals surface area contributed by atoms with E-state index in [0.717, 1.165) is 16.1 Å². The van der Waals surface area contributed by atoms with Crippen molar-refractivity contribution in [2.75, 3.05) is 30.2 Å². The van der Waals surface area contributed by atoms with Gasteiger partial charge in [-0.25, -0.2) is 8.42 Å². The van der Waals surface area contributed by atoms with Gasteiger partial charge >= 0.3 is 0 Å². The zero-order chi connectivity index (χ0) is 23.7. The second-order valence-electron chi connectivity index (χ2n) is 7.39. The molecule has 0 aliphatic heterocycles. The largest absolute Gasteiger partial charge is 0.355 e. The first-order valence-corrected chi connectivity index (χ1v) is 13.2. The number of carbonyl (C=O) groups is 2. The Hall–Kier alpha value is -2.39. The number of hydrogen-bond acceptors (Lipinski definition) is 4. The molecule has 7 nitrogen and oxygen atoms in total. The minimum Gasteiger partial charge on any atom is -0.355 e. The molecule has 0 aliphatic rings. The Morgan fingerprint density at radius 1 is 1.06 bits per heavy atom. The van der Waals surface area contributed by atoms with Crippen LogP contribution in [-0.2, 0) is 26.0 Å². The zero-order valence-corrected chi connectivity index (χ0v) is 21.0. The van der Waals surface area contributed by atoms with Gasteiger partial charge in [0.25, 0.3) is 0 Å². The summed E-state index contributed by atoms with van der Waals surface area (Å²) >= 11 is 3.34. The molecule has 0 fully saturated rings. The Kier molecular flexibility index (Phi) is 9.71. The summed E-state index contributed by atoms with van der Waals surface area (Å²) in [6, 6.07) is 15.7. The van der Waals surface area contributed by atoms with Gasteiger partial charge in [0, 0.05) is 17.6 Å². The number of carbonyl (C=O) groups excluding carboxylic acids is 2. The molecule has 0 spiro atoms. The standard InChI is InChI=1S/C23H30BrN3O4S/c1-4-21(23(29)25-5-2)26(15-14-18-10-7-6-8-11-18)22(28)17-27(32(3,30)31)20-13-9-12-19(24)16-20/h6-13,16,21H,4-5,14-15,17H2,1-3H3,(H,25,29)/t21-/m1/s1. The Morgan fingerprint density at radius 3 is 2.31 bits per heavy atom. The van der Waals surface area contributed by atoms with Crippen LogP contribution in [0.25, 0.3) is 0 Å². The molecule has 0 heterocycles. The maximum atomic E-state index is 13.4. The van der Waals surface area contributed by atoms with E-state index >= 15 is 0 Å². The molecule has 2 aromatic rings. The highest BCUT2D eigenvalue weighted by Crippen LogP contribution is 2.22.